The largest absolute Gasteiger partial charge is 0.444 e. The summed E-state index contributed by atoms with van der Waals surface area (Å²) in [7, 11) is 0. The van der Waals surface area contributed by atoms with Crippen LogP contribution in [0.3, 0.4) is 0 Å². The van der Waals surface area contributed by atoms with Crippen LogP contribution in [-0.4, -0.2) is 55.0 Å². The minimum atomic E-state index is -0.427. The van der Waals surface area contributed by atoms with Gasteiger partial charge in [-0.3, -0.25) is 4.90 Å². The van der Waals surface area contributed by atoms with E-state index in [0.29, 0.717) is 6.04 Å². The molecule has 0 aromatic rings. The number of nitrogens with one attached hydrogen (secondary N) is 1. The van der Waals surface area contributed by atoms with Gasteiger partial charge in [-0.25, -0.2) is 4.79 Å². The normalized spacial score (nSPS) is 26.4. The maximum atomic E-state index is 11.7. The second-order valence-corrected chi connectivity index (χ2v) is 6.47. The summed E-state index contributed by atoms with van der Waals surface area (Å²) in [5, 5.41) is 2.97. The minimum Gasteiger partial charge on any atom is -0.444 e. The first-order valence-electron chi connectivity index (χ1n) is 7.25. The van der Waals surface area contributed by atoms with E-state index in [4.69, 9.17) is 9.47 Å². The third-order valence-electron chi connectivity index (χ3n) is 3.65. The fourth-order valence-electron chi connectivity index (χ4n) is 2.76. The predicted octanol–water partition coefficient (Wildman–Crippen LogP) is 1.76. The summed E-state index contributed by atoms with van der Waals surface area (Å²) in [4.78, 5) is 14.2. The van der Waals surface area contributed by atoms with Gasteiger partial charge in [0.1, 0.15) is 5.60 Å². The van der Waals surface area contributed by atoms with Gasteiger partial charge >= 0.3 is 6.09 Å². The van der Waals surface area contributed by atoms with Crippen molar-refractivity contribution >= 4 is 6.09 Å². The van der Waals surface area contributed by atoms with E-state index < -0.39 is 5.60 Å². The second-order valence-electron chi connectivity index (χ2n) is 6.47. The van der Waals surface area contributed by atoms with E-state index in [1.165, 1.54) is 0 Å². The zero-order valence-corrected chi connectivity index (χ0v) is 12.3. The smallest absolute Gasteiger partial charge is 0.407 e. The molecule has 2 rings (SSSR count). The number of hydrogen-bond donors (Lipinski definition) is 1. The van der Waals surface area contributed by atoms with Crippen LogP contribution in [0.25, 0.3) is 0 Å². The lowest BCUT2D eigenvalue weighted by atomic mass is 10.1. The number of rotatable bonds is 2. The quantitative estimate of drug-likeness (QED) is 0.831. The zero-order valence-electron chi connectivity index (χ0n) is 12.3. The molecule has 19 heavy (non-hydrogen) atoms. The second kappa shape index (κ2) is 6.09. The molecule has 0 spiro atoms. The molecule has 2 aliphatic heterocycles. The molecule has 0 aliphatic carbocycles. The van der Waals surface area contributed by atoms with E-state index in [9.17, 15) is 4.79 Å². The fourth-order valence-corrected chi connectivity index (χ4v) is 2.76. The van der Waals surface area contributed by atoms with Crippen LogP contribution in [0, 0.1) is 0 Å². The fraction of sp³-hybridized carbons (Fsp3) is 0.929. The number of carbonyl (C=O) groups excluding carboxylic acids is 1. The van der Waals surface area contributed by atoms with Crippen LogP contribution in [-0.2, 0) is 9.47 Å². The van der Waals surface area contributed by atoms with Gasteiger partial charge in [0.05, 0.1) is 0 Å². The SMILES string of the molecule is CC(C)(C)OC(=O)NC1CCN(C2CCOCC2)C1. The molecular weight excluding hydrogens is 244 g/mol. The van der Waals surface area contributed by atoms with Crippen LogP contribution in [0.2, 0.25) is 0 Å². The summed E-state index contributed by atoms with van der Waals surface area (Å²) in [6, 6.07) is 0.844. The zero-order chi connectivity index (χ0) is 13.9. The molecular formula is C14H26N2O3. The number of hydrogen-bond acceptors (Lipinski definition) is 4. The van der Waals surface area contributed by atoms with Crippen LogP contribution < -0.4 is 5.32 Å². The van der Waals surface area contributed by atoms with Gasteiger partial charge in [-0.2, -0.15) is 0 Å². The van der Waals surface area contributed by atoms with Gasteiger partial charge < -0.3 is 14.8 Å². The van der Waals surface area contributed by atoms with E-state index in [2.05, 4.69) is 10.2 Å². The average molecular weight is 270 g/mol. The Balaban J connectivity index is 1.74. The van der Waals surface area contributed by atoms with Gasteiger partial charge in [0.2, 0.25) is 0 Å². The van der Waals surface area contributed by atoms with Gasteiger partial charge in [-0.05, 0) is 40.0 Å². The minimum absolute atomic E-state index is 0.220. The molecule has 1 N–H and O–H groups in total. The molecule has 2 heterocycles. The Bertz CT molecular complexity index is 308. The number of ether oxygens (including phenoxy) is 2. The summed E-state index contributed by atoms with van der Waals surface area (Å²) >= 11 is 0. The molecule has 1 amide bonds. The van der Waals surface area contributed by atoms with Gasteiger partial charge in [0.15, 0.2) is 0 Å². The number of carbonyl (C=O) groups is 1. The molecule has 5 heteroatoms. The first-order valence-corrected chi connectivity index (χ1v) is 7.25. The number of alkyl carbamates (subject to hydrolysis) is 1. The van der Waals surface area contributed by atoms with E-state index in [-0.39, 0.29) is 12.1 Å². The molecule has 2 aliphatic rings. The van der Waals surface area contributed by atoms with Gasteiger partial charge in [0.25, 0.3) is 0 Å². The van der Waals surface area contributed by atoms with Gasteiger partial charge in [0, 0.05) is 38.4 Å². The standard InChI is InChI=1S/C14H26N2O3/c1-14(2,3)19-13(17)15-11-4-7-16(10-11)12-5-8-18-9-6-12/h11-12H,4-10H2,1-3H3,(H,15,17). The van der Waals surface area contributed by atoms with Crippen molar-refractivity contribution < 1.29 is 14.3 Å². The van der Waals surface area contributed by atoms with E-state index in [1.807, 2.05) is 20.8 Å². The van der Waals surface area contributed by atoms with Crippen LogP contribution in [0.15, 0.2) is 0 Å². The Kier molecular flexibility index (Phi) is 4.68. The first-order chi connectivity index (χ1) is 8.94. The molecule has 1 unspecified atom stereocenters. The molecule has 2 saturated heterocycles. The molecule has 0 aromatic heterocycles. The van der Waals surface area contributed by atoms with Gasteiger partial charge in [-0.15, -0.1) is 0 Å². The predicted molar refractivity (Wildman–Crippen MR) is 73.2 cm³/mol. The lowest BCUT2D eigenvalue weighted by Gasteiger charge is -2.31. The average Bonchev–Trinajstić information content (AvgIpc) is 2.76. The molecule has 0 aromatic carbocycles. The van der Waals surface area contributed by atoms with Crippen molar-refractivity contribution in [2.24, 2.45) is 0 Å². The van der Waals surface area contributed by atoms with Crippen molar-refractivity contribution in [3.05, 3.63) is 0 Å². The molecule has 1 atom stereocenters. The first kappa shape index (κ1) is 14.6. The molecule has 0 saturated carbocycles. The molecule has 2 fully saturated rings. The van der Waals surface area contributed by atoms with Crippen LogP contribution in [0.1, 0.15) is 40.0 Å². The summed E-state index contributed by atoms with van der Waals surface area (Å²) in [6.45, 7) is 9.38. The van der Waals surface area contributed by atoms with Crippen molar-refractivity contribution in [3.8, 4) is 0 Å². The Morgan fingerprint density at radius 1 is 1.26 bits per heavy atom. The monoisotopic (exact) mass is 270 g/mol. The van der Waals surface area contributed by atoms with Crippen LogP contribution in [0.4, 0.5) is 4.79 Å². The molecule has 0 bridgehead atoms. The highest BCUT2D eigenvalue weighted by molar-refractivity contribution is 5.68. The number of amides is 1. The van der Waals surface area contributed by atoms with Gasteiger partial charge in [-0.1, -0.05) is 0 Å². The summed E-state index contributed by atoms with van der Waals surface area (Å²) < 4.78 is 10.7. The summed E-state index contributed by atoms with van der Waals surface area (Å²) in [5.41, 5.74) is -0.427. The highest BCUT2D eigenvalue weighted by Gasteiger charge is 2.30. The van der Waals surface area contributed by atoms with Crippen LogP contribution >= 0.6 is 0 Å². The molecule has 110 valence electrons. The molecule has 0 radical (unpaired) electrons. The number of nitrogens with zero attached hydrogens (tertiary/aromatic N) is 1. The highest BCUT2D eigenvalue weighted by Crippen LogP contribution is 2.20. The third kappa shape index (κ3) is 4.66. The lowest BCUT2D eigenvalue weighted by Crippen LogP contribution is -2.43. The van der Waals surface area contributed by atoms with Crippen molar-refractivity contribution in [3.63, 3.8) is 0 Å². The van der Waals surface area contributed by atoms with E-state index >= 15 is 0 Å². The van der Waals surface area contributed by atoms with E-state index in [0.717, 1.165) is 45.6 Å². The highest BCUT2D eigenvalue weighted by atomic mass is 16.6. The Morgan fingerprint density at radius 2 is 1.95 bits per heavy atom. The Labute approximate surface area is 115 Å². The van der Waals surface area contributed by atoms with Crippen molar-refractivity contribution in [1.82, 2.24) is 10.2 Å². The van der Waals surface area contributed by atoms with E-state index in [1.54, 1.807) is 0 Å². The maximum absolute atomic E-state index is 11.7. The Morgan fingerprint density at radius 3 is 2.58 bits per heavy atom. The summed E-state index contributed by atoms with van der Waals surface area (Å²) in [5.74, 6) is 0. The van der Waals surface area contributed by atoms with Crippen LogP contribution in [0.5, 0.6) is 0 Å². The third-order valence-corrected chi connectivity index (χ3v) is 3.65. The lowest BCUT2D eigenvalue weighted by molar-refractivity contribution is 0.0395. The van der Waals surface area contributed by atoms with Crippen molar-refractivity contribution in [1.29, 1.82) is 0 Å². The van der Waals surface area contributed by atoms with Crippen molar-refractivity contribution in [2.75, 3.05) is 26.3 Å². The maximum Gasteiger partial charge on any atom is 0.407 e. The molecule has 5 nitrogen and oxygen atoms in total. The number of likely N-dealkylation sites (tertiary alicyclic amines) is 1. The topological polar surface area (TPSA) is 50.8 Å². The van der Waals surface area contributed by atoms with Crippen molar-refractivity contribution in [2.45, 2.75) is 57.7 Å². The Hall–Kier alpha value is -0.810. The summed E-state index contributed by atoms with van der Waals surface area (Å²) in [6.07, 6.45) is 2.93.